The smallest absolute Gasteiger partial charge is 0.0901 e. The predicted molar refractivity (Wildman–Crippen MR) is 56.6 cm³/mol. The van der Waals surface area contributed by atoms with Gasteiger partial charge < -0.3 is 4.74 Å². The van der Waals surface area contributed by atoms with E-state index in [-0.39, 0.29) is 0 Å². The molecule has 1 heteroatoms. The molecule has 0 unspecified atom stereocenters. The van der Waals surface area contributed by atoms with Gasteiger partial charge in [0, 0.05) is 0 Å². The van der Waals surface area contributed by atoms with Crippen LogP contribution in [-0.2, 0) is 4.74 Å². The Kier molecular flexibility index (Phi) is 5.71. The van der Waals surface area contributed by atoms with Gasteiger partial charge in [0.25, 0.3) is 0 Å². The van der Waals surface area contributed by atoms with Crippen LogP contribution in [0.25, 0.3) is 0 Å². The fourth-order valence-corrected chi connectivity index (χ4v) is 1.85. The maximum atomic E-state index is 5.49. The molecule has 0 bridgehead atoms. The van der Waals surface area contributed by atoms with Crippen LogP contribution in [0.4, 0.5) is 0 Å². The zero-order chi connectivity index (χ0) is 9.36. The van der Waals surface area contributed by atoms with Gasteiger partial charge in [-0.2, -0.15) is 0 Å². The molecule has 1 aliphatic carbocycles. The van der Waals surface area contributed by atoms with Crippen molar-refractivity contribution >= 4 is 0 Å². The van der Waals surface area contributed by atoms with E-state index in [4.69, 9.17) is 4.74 Å². The number of hydrogen-bond acceptors (Lipinski definition) is 1. The van der Waals surface area contributed by atoms with Gasteiger partial charge in [-0.1, -0.05) is 32.6 Å². The molecular weight excluding hydrogens is 160 g/mol. The van der Waals surface area contributed by atoms with Crippen LogP contribution in [0, 0.1) is 5.92 Å². The van der Waals surface area contributed by atoms with Crippen molar-refractivity contribution in [2.45, 2.75) is 51.9 Å². The average molecular weight is 182 g/mol. The van der Waals surface area contributed by atoms with E-state index < -0.39 is 0 Å². The molecule has 76 valence electrons. The second-order valence-corrected chi connectivity index (χ2v) is 4.00. The Morgan fingerprint density at radius 3 is 2.69 bits per heavy atom. The molecule has 1 saturated carbocycles. The van der Waals surface area contributed by atoms with Crippen molar-refractivity contribution in [2.75, 3.05) is 6.61 Å². The molecular formula is C12H22O. The van der Waals surface area contributed by atoms with Gasteiger partial charge >= 0.3 is 0 Å². The first-order valence-electron chi connectivity index (χ1n) is 5.70. The molecule has 0 spiro atoms. The van der Waals surface area contributed by atoms with Crippen LogP contribution in [0.15, 0.2) is 12.3 Å². The first kappa shape index (κ1) is 10.6. The van der Waals surface area contributed by atoms with Crippen molar-refractivity contribution in [1.29, 1.82) is 0 Å². The molecule has 0 atom stereocenters. The summed E-state index contributed by atoms with van der Waals surface area (Å²) in [4.78, 5) is 0. The fraction of sp³-hybridized carbons (Fsp3) is 0.833. The predicted octanol–water partition coefficient (Wildman–Crippen LogP) is 3.90. The highest BCUT2D eigenvalue weighted by molar-refractivity contribution is 4.73. The summed E-state index contributed by atoms with van der Waals surface area (Å²) in [5.74, 6) is 0.833. The highest BCUT2D eigenvalue weighted by atomic mass is 16.5. The molecule has 13 heavy (non-hydrogen) atoms. The van der Waals surface area contributed by atoms with E-state index in [1.807, 2.05) is 6.26 Å². The quantitative estimate of drug-likeness (QED) is 0.586. The number of hydrogen-bond donors (Lipinski definition) is 0. The number of rotatable bonds is 5. The van der Waals surface area contributed by atoms with E-state index in [2.05, 4.69) is 13.0 Å². The molecule has 0 aromatic heterocycles. The molecule has 0 aromatic carbocycles. The summed E-state index contributed by atoms with van der Waals surface area (Å²) < 4.78 is 5.49. The van der Waals surface area contributed by atoms with Gasteiger partial charge in [0.05, 0.1) is 12.9 Å². The normalized spacial score (nSPS) is 19.5. The Morgan fingerprint density at radius 1 is 1.23 bits per heavy atom. The Bertz CT molecular complexity index is 134. The zero-order valence-electron chi connectivity index (χ0n) is 8.80. The van der Waals surface area contributed by atoms with Crippen molar-refractivity contribution in [3.63, 3.8) is 0 Å². The third-order valence-electron chi connectivity index (χ3n) is 2.70. The molecule has 0 saturated heterocycles. The molecule has 1 fully saturated rings. The molecule has 0 amide bonds. The molecule has 0 aromatic rings. The van der Waals surface area contributed by atoms with Crippen LogP contribution in [0.3, 0.4) is 0 Å². The first-order valence-corrected chi connectivity index (χ1v) is 5.70. The average Bonchev–Trinajstić information content (AvgIpc) is 2.19. The summed E-state index contributed by atoms with van der Waals surface area (Å²) in [6.07, 6.45) is 13.4. The summed E-state index contributed by atoms with van der Waals surface area (Å²) in [7, 11) is 0. The third-order valence-corrected chi connectivity index (χ3v) is 2.70. The van der Waals surface area contributed by atoms with Crippen LogP contribution in [0.5, 0.6) is 0 Å². The van der Waals surface area contributed by atoms with Crippen molar-refractivity contribution in [3.8, 4) is 0 Å². The minimum Gasteiger partial charge on any atom is -0.501 e. The van der Waals surface area contributed by atoms with Gasteiger partial charge in [0.2, 0.25) is 0 Å². The summed E-state index contributed by atoms with van der Waals surface area (Å²) in [6.45, 7) is 3.13. The number of unbranched alkanes of at least 4 members (excludes halogenated alkanes) is 1. The largest absolute Gasteiger partial charge is 0.501 e. The van der Waals surface area contributed by atoms with E-state index >= 15 is 0 Å². The maximum absolute atomic E-state index is 5.49. The monoisotopic (exact) mass is 182 g/mol. The Balaban J connectivity index is 1.97. The third kappa shape index (κ3) is 4.97. The van der Waals surface area contributed by atoms with E-state index in [0.717, 1.165) is 18.9 Å². The van der Waals surface area contributed by atoms with E-state index in [1.54, 1.807) is 0 Å². The zero-order valence-corrected chi connectivity index (χ0v) is 8.80. The van der Waals surface area contributed by atoms with E-state index in [1.165, 1.54) is 38.5 Å². The minimum atomic E-state index is 0.833. The van der Waals surface area contributed by atoms with Gasteiger partial charge in [-0.15, -0.1) is 0 Å². The molecule has 1 rings (SSSR count). The fourth-order valence-electron chi connectivity index (χ4n) is 1.85. The topological polar surface area (TPSA) is 9.23 Å². The van der Waals surface area contributed by atoms with Crippen LogP contribution < -0.4 is 0 Å². The Hall–Kier alpha value is -0.460. The van der Waals surface area contributed by atoms with Gasteiger partial charge in [0.1, 0.15) is 0 Å². The minimum absolute atomic E-state index is 0.833. The highest BCUT2D eigenvalue weighted by Gasteiger charge is 2.12. The van der Waals surface area contributed by atoms with Gasteiger partial charge in [-0.25, -0.2) is 0 Å². The molecule has 0 radical (unpaired) electrons. The lowest BCUT2D eigenvalue weighted by molar-refractivity contribution is 0.165. The van der Waals surface area contributed by atoms with E-state index in [0.29, 0.717) is 0 Å². The molecule has 0 aliphatic heterocycles. The first-order chi connectivity index (χ1) is 6.43. The van der Waals surface area contributed by atoms with Crippen LogP contribution in [0.2, 0.25) is 0 Å². The van der Waals surface area contributed by atoms with Crippen molar-refractivity contribution < 1.29 is 4.74 Å². The van der Waals surface area contributed by atoms with Crippen LogP contribution in [0.1, 0.15) is 51.9 Å². The summed E-state index contributed by atoms with van der Waals surface area (Å²) in [6, 6.07) is 0. The lowest BCUT2D eigenvalue weighted by atomic mass is 9.90. The molecule has 1 aliphatic rings. The number of allylic oxidation sites excluding steroid dienone is 1. The summed E-state index contributed by atoms with van der Waals surface area (Å²) in [5, 5.41) is 0. The lowest BCUT2D eigenvalue weighted by Gasteiger charge is -2.20. The lowest BCUT2D eigenvalue weighted by Crippen LogP contribution is -2.11. The summed E-state index contributed by atoms with van der Waals surface area (Å²) in [5.41, 5.74) is 0. The molecule has 1 nitrogen and oxygen atoms in total. The SMILES string of the molecule is CCCC=COCC1CCCCC1. The number of ether oxygens (including phenoxy) is 1. The Labute approximate surface area is 82.2 Å². The van der Waals surface area contributed by atoms with Crippen molar-refractivity contribution in [1.82, 2.24) is 0 Å². The van der Waals surface area contributed by atoms with Gasteiger partial charge in [-0.3, -0.25) is 0 Å². The van der Waals surface area contributed by atoms with Crippen LogP contribution >= 0.6 is 0 Å². The highest BCUT2D eigenvalue weighted by Crippen LogP contribution is 2.23. The standard InChI is InChI=1S/C12H22O/c1-2-3-7-10-13-11-12-8-5-4-6-9-12/h7,10,12H,2-6,8-9,11H2,1H3. The van der Waals surface area contributed by atoms with Gasteiger partial charge in [0.15, 0.2) is 0 Å². The Morgan fingerprint density at radius 2 is 2.00 bits per heavy atom. The second kappa shape index (κ2) is 6.99. The van der Waals surface area contributed by atoms with E-state index in [9.17, 15) is 0 Å². The molecule has 0 N–H and O–H groups in total. The summed E-state index contributed by atoms with van der Waals surface area (Å²) >= 11 is 0. The van der Waals surface area contributed by atoms with Crippen LogP contribution in [-0.4, -0.2) is 6.61 Å². The maximum Gasteiger partial charge on any atom is 0.0901 e. The van der Waals surface area contributed by atoms with Gasteiger partial charge in [-0.05, 0) is 31.3 Å². The van der Waals surface area contributed by atoms with Crippen molar-refractivity contribution in [3.05, 3.63) is 12.3 Å². The van der Waals surface area contributed by atoms with Crippen molar-refractivity contribution in [2.24, 2.45) is 5.92 Å². The second-order valence-electron chi connectivity index (χ2n) is 4.00. The molecule has 0 heterocycles.